The second kappa shape index (κ2) is 4.73. The van der Waals surface area contributed by atoms with Gasteiger partial charge in [-0.15, -0.1) is 0 Å². The number of nitrogens with zero attached hydrogens (tertiary/aromatic N) is 1. The van der Waals surface area contributed by atoms with E-state index in [1.54, 1.807) is 0 Å². The van der Waals surface area contributed by atoms with Crippen molar-refractivity contribution in [3.05, 3.63) is 53.6 Å². The number of ketones is 1. The van der Waals surface area contributed by atoms with E-state index >= 15 is 0 Å². The van der Waals surface area contributed by atoms with E-state index in [0.717, 1.165) is 5.56 Å². The first-order valence-corrected chi connectivity index (χ1v) is 7.34. The highest BCUT2D eigenvalue weighted by atomic mass is 16.1. The molecule has 108 valence electrons. The van der Waals surface area contributed by atoms with E-state index in [0.29, 0.717) is 6.42 Å². The lowest BCUT2D eigenvalue weighted by Gasteiger charge is -2.18. The third-order valence-electron chi connectivity index (χ3n) is 4.37. The van der Waals surface area contributed by atoms with E-state index in [4.69, 9.17) is 0 Å². The highest BCUT2D eigenvalue weighted by Crippen LogP contribution is 2.40. The van der Waals surface area contributed by atoms with E-state index in [1.165, 1.54) is 22.4 Å². The number of Topliss-reactive ketones (excluding diaryl/α,β-unsaturated/α-hetero) is 1. The molecule has 21 heavy (non-hydrogen) atoms. The average Bonchev–Trinajstić information content (AvgIpc) is 2.68. The van der Waals surface area contributed by atoms with Crippen LogP contribution in [0.15, 0.2) is 42.5 Å². The molecule has 2 aromatic rings. The number of hydrogen-bond acceptors (Lipinski definition) is 2. The van der Waals surface area contributed by atoms with Crippen LogP contribution in [0.2, 0.25) is 0 Å². The number of fused-ring (bicyclic) bond motifs is 1. The van der Waals surface area contributed by atoms with Crippen LogP contribution >= 0.6 is 0 Å². The predicted molar refractivity (Wildman–Crippen MR) is 88.2 cm³/mol. The number of carbonyl (C=O) groups is 1. The molecular weight excluding hydrogens is 258 g/mol. The first-order chi connectivity index (χ1) is 9.88. The van der Waals surface area contributed by atoms with E-state index in [-0.39, 0.29) is 11.2 Å². The Kier molecular flexibility index (Phi) is 3.12. The second-order valence-corrected chi connectivity index (χ2v) is 6.69. The molecule has 2 heteroatoms. The zero-order chi connectivity index (χ0) is 15.2. The minimum atomic E-state index is -0.0496. The van der Waals surface area contributed by atoms with E-state index in [2.05, 4.69) is 55.1 Å². The maximum atomic E-state index is 12.0. The molecule has 0 saturated heterocycles. The van der Waals surface area contributed by atoms with Crippen molar-refractivity contribution in [2.75, 3.05) is 19.0 Å². The lowest BCUT2D eigenvalue weighted by molar-refractivity contribution is 0.0979. The van der Waals surface area contributed by atoms with Crippen LogP contribution in [0.5, 0.6) is 0 Å². The average molecular weight is 279 g/mol. The van der Waals surface area contributed by atoms with Crippen molar-refractivity contribution in [3.8, 4) is 11.1 Å². The van der Waals surface area contributed by atoms with Gasteiger partial charge in [-0.2, -0.15) is 0 Å². The summed E-state index contributed by atoms with van der Waals surface area (Å²) in [4.78, 5) is 14.1. The van der Waals surface area contributed by atoms with E-state index in [1.807, 2.05) is 20.2 Å². The largest absolute Gasteiger partial charge is 0.378 e. The van der Waals surface area contributed by atoms with Gasteiger partial charge in [0.2, 0.25) is 0 Å². The summed E-state index contributed by atoms with van der Waals surface area (Å²) in [5.74, 6) is 0.268. The zero-order valence-electron chi connectivity index (χ0n) is 13.1. The summed E-state index contributed by atoms with van der Waals surface area (Å²) < 4.78 is 0. The van der Waals surface area contributed by atoms with Gasteiger partial charge in [0.15, 0.2) is 5.78 Å². The summed E-state index contributed by atoms with van der Waals surface area (Å²) in [5, 5.41) is 0. The number of hydrogen-bond donors (Lipinski definition) is 0. The van der Waals surface area contributed by atoms with Crippen LogP contribution in [0.3, 0.4) is 0 Å². The van der Waals surface area contributed by atoms with Crippen molar-refractivity contribution in [1.29, 1.82) is 0 Å². The van der Waals surface area contributed by atoms with Gasteiger partial charge < -0.3 is 4.90 Å². The molecule has 0 amide bonds. The van der Waals surface area contributed by atoms with Crippen molar-refractivity contribution in [1.82, 2.24) is 0 Å². The first kappa shape index (κ1) is 13.9. The van der Waals surface area contributed by atoms with E-state index in [9.17, 15) is 4.79 Å². The topological polar surface area (TPSA) is 20.3 Å². The molecule has 2 aromatic carbocycles. The Labute approximate surface area is 126 Å². The van der Waals surface area contributed by atoms with Gasteiger partial charge in [-0.05, 0) is 40.3 Å². The molecule has 0 fully saturated rings. The standard InChI is InChI=1S/C19H21NO/c1-19(2)12-18(21)16-10-7-14(11-17(16)19)13-5-8-15(9-6-13)20(3)4/h5-11H,12H2,1-4H3. The summed E-state index contributed by atoms with van der Waals surface area (Å²) in [6.07, 6.45) is 0.616. The highest BCUT2D eigenvalue weighted by Gasteiger charge is 2.35. The molecule has 0 atom stereocenters. The fraction of sp³-hybridized carbons (Fsp3) is 0.316. The van der Waals surface area contributed by atoms with Crippen molar-refractivity contribution in [2.24, 2.45) is 0 Å². The summed E-state index contributed by atoms with van der Waals surface area (Å²) in [7, 11) is 4.08. The van der Waals surface area contributed by atoms with Crippen LogP contribution in [-0.2, 0) is 5.41 Å². The van der Waals surface area contributed by atoms with Gasteiger partial charge in [0, 0.05) is 31.8 Å². The van der Waals surface area contributed by atoms with Crippen LogP contribution in [0.1, 0.15) is 36.2 Å². The lowest BCUT2D eigenvalue weighted by atomic mass is 9.85. The summed E-state index contributed by atoms with van der Waals surface area (Å²) in [5.41, 5.74) is 5.59. The van der Waals surface area contributed by atoms with Crippen molar-refractivity contribution >= 4 is 11.5 Å². The number of benzene rings is 2. The zero-order valence-corrected chi connectivity index (χ0v) is 13.1. The summed E-state index contributed by atoms with van der Waals surface area (Å²) in [6.45, 7) is 4.30. The lowest BCUT2D eigenvalue weighted by Crippen LogP contribution is -2.12. The Morgan fingerprint density at radius 3 is 2.19 bits per heavy atom. The second-order valence-electron chi connectivity index (χ2n) is 6.69. The quantitative estimate of drug-likeness (QED) is 0.817. The third kappa shape index (κ3) is 2.35. The van der Waals surface area contributed by atoms with Crippen molar-refractivity contribution in [3.63, 3.8) is 0 Å². The van der Waals surface area contributed by atoms with Crippen LogP contribution in [0.25, 0.3) is 11.1 Å². The molecule has 0 heterocycles. The molecule has 0 aliphatic heterocycles. The van der Waals surface area contributed by atoms with Gasteiger partial charge in [-0.25, -0.2) is 0 Å². The minimum Gasteiger partial charge on any atom is -0.378 e. The van der Waals surface area contributed by atoms with Gasteiger partial charge in [-0.1, -0.05) is 38.1 Å². The molecule has 0 bridgehead atoms. The number of rotatable bonds is 2. The Morgan fingerprint density at radius 2 is 1.57 bits per heavy atom. The number of carbonyl (C=O) groups excluding carboxylic acids is 1. The van der Waals surface area contributed by atoms with Gasteiger partial charge in [-0.3, -0.25) is 4.79 Å². The smallest absolute Gasteiger partial charge is 0.164 e. The molecule has 1 aliphatic rings. The molecule has 0 aromatic heterocycles. The Morgan fingerprint density at radius 1 is 0.952 bits per heavy atom. The Bertz CT molecular complexity index is 696. The fourth-order valence-electron chi connectivity index (χ4n) is 3.07. The maximum Gasteiger partial charge on any atom is 0.164 e. The number of anilines is 1. The predicted octanol–water partition coefficient (Wildman–Crippen LogP) is 4.28. The summed E-state index contributed by atoms with van der Waals surface area (Å²) >= 11 is 0. The normalized spacial score (nSPS) is 15.9. The van der Waals surface area contributed by atoms with E-state index < -0.39 is 0 Å². The molecule has 1 aliphatic carbocycles. The SMILES string of the molecule is CN(C)c1ccc(-c2ccc3c(c2)C(C)(C)CC3=O)cc1. The fourth-order valence-corrected chi connectivity index (χ4v) is 3.07. The molecule has 0 N–H and O–H groups in total. The first-order valence-electron chi connectivity index (χ1n) is 7.34. The third-order valence-corrected chi connectivity index (χ3v) is 4.37. The van der Waals surface area contributed by atoms with Crippen LogP contribution in [-0.4, -0.2) is 19.9 Å². The van der Waals surface area contributed by atoms with Crippen LogP contribution in [0.4, 0.5) is 5.69 Å². The molecule has 2 nitrogen and oxygen atoms in total. The van der Waals surface area contributed by atoms with Crippen LogP contribution in [0, 0.1) is 0 Å². The molecule has 0 radical (unpaired) electrons. The molecule has 0 saturated carbocycles. The Hall–Kier alpha value is -2.09. The van der Waals surface area contributed by atoms with Gasteiger partial charge in [0.05, 0.1) is 0 Å². The molecule has 3 rings (SSSR count). The highest BCUT2D eigenvalue weighted by molar-refractivity contribution is 6.02. The molecule has 0 spiro atoms. The summed E-state index contributed by atoms with van der Waals surface area (Å²) in [6, 6.07) is 14.8. The molecule has 0 unspecified atom stereocenters. The molecular formula is C19H21NO. The maximum absolute atomic E-state index is 12.0. The monoisotopic (exact) mass is 279 g/mol. The van der Waals surface area contributed by atoms with Gasteiger partial charge in [0.1, 0.15) is 0 Å². The minimum absolute atomic E-state index is 0.0496. The van der Waals surface area contributed by atoms with Crippen LogP contribution < -0.4 is 4.90 Å². The van der Waals surface area contributed by atoms with Gasteiger partial charge in [0.25, 0.3) is 0 Å². The Balaban J connectivity index is 2.03. The van der Waals surface area contributed by atoms with Crippen molar-refractivity contribution < 1.29 is 4.79 Å². The van der Waals surface area contributed by atoms with Crippen molar-refractivity contribution in [2.45, 2.75) is 25.7 Å². The van der Waals surface area contributed by atoms with Gasteiger partial charge >= 0.3 is 0 Å².